The molecule has 1 atom stereocenters. The molecule has 1 unspecified atom stereocenters. The molecule has 4 rings (SSSR count). The third-order valence-electron chi connectivity index (χ3n) is 5.57. The van der Waals surface area contributed by atoms with Crippen molar-refractivity contribution in [2.75, 3.05) is 37.7 Å². The molecule has 1 saturated heterocycles. The first-order valence-corrected chi connectivity index (χ1v) is 10.1. The van der Waals surface area contributed by atoms with E-state index in [1.807, 2.05) is 45.0 Å². The molecular weight excluding hydrogens is 366 g/mol. The maximum Gasteiger partial charge on any atom is 0.228 e. The molecule has 1 aliphatic rings. The van der Waals surface area contributed by atoms with E-state index in [1.165, 1.54) is 0 Å². The molecule has 152 valence electrons. The van der Waals surface area contributed by atoms with Crippen LogP contribution in [0.1, 0.15) is 29.9 Å². The van der Waals surface area contributed by atoms with Crippen LogP contribution in [0.3, 0.4) is 0 Å². The number of aromatic amines is 1. The van der Waals surface area contributed by atoms with Crippen molar-refractivity contribution in [3.63, 3.8) is 0 Å². The number of ketones is 1. The molecule has 29 heavy (non-hydrogen) atoms. The van der Waals surface area contributed by atoms with Crippen molar-refractivity contribution in [1.82, 2.24) is 19.9 Å². The van der Waals surface area contributed by atoms with E-state index < -0.39 is 0 Å². The number of benzene rings is 1. The van der Waals surface area contributed by atoms with Crippen molar-refractivity contribution in [3.05, 3.63) is 47.8 Å². The first kappa shape index (κ1) is 19.4. The van der Waals surface area contributed by atoms with Crippen LogP contribution in [0, 0.1) is 6.92 Å². The number of fused-ring (bicyclic) bond motifs is 1. The summed E-state index contributed by atoms with van der Waals surface area (Å²) in [5.41, 5.74) is 2.75. The molecule has 7 nitrogen and oxygen atoms in total. The number of rotatable bonds is 6. The number of anilines is 1. The summed E-state index contributed by atoms with van der Waals surface area (Å²) in [6.45, 7) is 9.63. The van der Waals surface area contributed by atoms with Crippen LogP contribution in [-0.2, 0) is 0 Å². The fourth-order valence-electron chi connectivity index (χ4n) is 3.99. The number of ether oxygens (including phenoxy) is 1. The van der Waals surface area contributed by atoms with Gasteiger partial charge in [0, 0.05) is 60.6 Å². The number of aryl methyl sites for hydroxylation is 1. The van der Waals surface area contributed by atoms with Gasteiger partial charge in [0.25, 0.3) is 0 Å². The highest BCUT2D eigenvalue weighted by molar-refractivity contribution is 6.11. The van der Waals surface area contributed by atoms with E-state index in [9.17, 15) is 4.79 Å². The van der Waals surface area contributed by atoms with Crippen LogP contribution in [0.25, 0.3) is 10.9 Å². The summed E-state index contributed by atoms with van der Waals surface area (Å²) in [6.07, 6.45) is 1.73. The van der Waals surface area contributed by atoms with E-state index >= 15 is 0 Å². The van der Waals surface area contributed by atoms with Gasteiger partial charge in [-0.2, -0.15) is 4.98 Å². The molecule has 0 amide bonds. The molecule has 1 fully saturated rings. The molecule has 1 aliphatic heterocycles. The Morgan fingerprint density at radius 2 is 1.97 bits per heavy atom. The molecular formula is C22H27N5O2. The Morgan fingerprint density at radius 3 is 2.72 bits per heavy atom. The van der Waals surface area contributed by atoms with Gasteiger partial charge < -0.3 is 14.6 Å². The fraction of sp³-hybridized carbons (Fsp3) is 0.409. The fourth-order valence-corrected chi connectivity index (χ4v) is 3.99. The largest absolute Gasteiger partial charge is 0.478 e. The second-order valence-electron chi connectivity index (χ2n) is 7.36. The van der Waals surface area contributed by atoms with Crippen molar-refractivity contribution in [3.8, 4) is 5.88 Å². The van der Waals surface area contributed by atoms with Crippen molar-refractivity contribution in [2.24, 2.45) is 0 Å². The maximum absolute atomic E-state index is 13.3. The van der Waals surface area contributed by atoms with Crippen LogP contribution in [0.4, 0.5) is 5.95 Å². The van der Waals surface area contributed by atoms with Crippen LogP contribution < -0.4 is 9.64 Å². The third kappa shape index (κ3) is 3.82. The lowest BCUT2D eigenvalue weighted by molar-refractivity contribution is 0.0830. The predicted molar refractivity (Wildman–Crippen MR) is 114 cm³/mol. The number of piperazine rings is 1. The van der Waals surface area contributed by atoms with Gasteiger partial charge in [0.2, 0.25) is 11.8 Å². The number of Topliss-reactive ketones (excluding diaryl/α,β-unsaturated/α-hetero) is 1. The Morgan fingerprint density at radius 1 is 1.21 bits per heavy atom. The molecule has 2 aromatic heterocycles. The molecule has 0 saturated carbocycles. The van der Waals surface area contributed by atoms with Gasteiger partial charge >= 0.3 is 0 Å². The average Bonchev–Trinajstić information content (AvgIpc) is 3.09. The molecule has 7 heteroatoms. The van der Waals surface area contributed by atoms with Gasteiger partial charge in [-0.1, -0.05) is 18.2 Å². The normalized spacial score (nSPS) is 16.2. The quantitative estimate of drug-likeness (QED) is 0.649. The summed E-state index contributed by atoms with van der Waals surface area (Å²) in [5, 5.41) is 1.00. The first-order chi connectivity index (χ1) is 14.1. The lowest BCUT2D eigenvalue weighted by Gasteiger charge is -2.37. The lowest BCUT2D eigenvalue weighted by atomic mass is 10.0. The summed E-state index contributed by atoms with van der Waals surface area (Å²) in [7, 11) is 0. The summed E-state index contributed by atoms with van der Waals surface area (Å²) >= 11 is 0. The molecule has 0 radical (unpaired) electrons. The van der Waals surface area contributed by atoms with Crippen molar-refractivity contribution >= 4 is 22.6 Å². The van der Waals surface area contributed by atoms with Crippen LogP contribution >= 0.6 is 0 Å². The highest BCUT2D eigenvalue weighted by Gasteiger charge is 2.29. The first-order valence-electron chi connectivity index (χ1n) is 10.1. The number of hydrogen-bond donors (Lipinski definition) is 1. The third-order valence-corrected chi connectivity index (χ3v) is 5.57. The monoisotopic (exact) mass is 393 g/mol. The Bertz CT molecular complexity index is 1010. The number of nitrogens with zero attached hydrogens (tertiary/aromatic N) is 4. The molecule has 0 spiro atoms. The lowest BCUT2D eigenvalue weighted by Crippen LogP contribution is -2.52. The SMILES string of the molecule is CCOc1ccnc(N2CCN(C(C)C(=O)c3c(C)[nH]c4ccccc34)CC2)n1. The van der Waals surface area contributed by atoms with Crippen LogP contribution in [0.15, 0.2) is 36.5 Å². The smallest absolute Gasteiger partial charge is 0.228 e. The van der Waals surface area contributed by atoms with Gasteiger partial charge in [0.1, 0.15) is 0 Å². The summed E-state index contributed by atoms with van der Waals surface area (Å²) in [6, 6.07) is 9.58. The minimum atomic E-state index is -0.175. The molecule has 0 bridgehead atoms. The van der Waals surface area contributed by atoms with E-state index in [1.54, 1.807) is 12.3 Å². The molecule has 3 aromatic rings. The zero-order valence-corrected chi connectivity index (χ0v) is 17.2. The molecule has 3 heterocycles. The van der Waals surface area contributed by atoms with Gasteiger partial charge in [-0.15, -0.1) is 0 Å². The number of para-hydroxylation sites is 1. The van der Waals surface area contributed by atoms with Crippen LogP contribution in [0.5, 0.6) is 5.88 Å². The predicted octanol–water partition coefficient (Wildman–Crippen LogP) is 3.06. The Hall–Kier alpha value is -2.93. The van der Waals surface area contributed by atoms with Gasteiger partial charge in [-0.3, -0.25) is 9.69 Å². The highest BCUT2D eigenvalue weighted by Crippen LogP contribution is 2.25. The molecule has 1 aromatic carbocycles. The molecule has 1 N–H and O–H groups in total. The van der Waals surface area contributed by atoms with Crippen molar-refractivity contribution in [1.29, 1.82) is 0 Å². The average molecular weight is 393 g/mol. The zero-order valence-electron chi connectivity index (χ0n) is 17.2. The minimum Gasteiger partial charge on any atom is -0.478 e. The van der Waals surface area contributed by atoms with Gasteiger partial charge in [0.05, 0.1) is 12.6 Å². The summed E-state index contributed by atoms with van der Waals surface area (Å²) in [5.74, 6) is 1.45. The van der Waals surface area contributed by atoms with E-state index in [4.69, 9.17) is 4.74 Å². The maximum atomic E-state index is 13.3. The second-order valence-corrected chi connectivity index (χ2v) is 7.36. The zero-order chi connectivity index (χ0) is 20.4. The topological polar surface area (TPSA) is 74.3 Å². The van der Waals surface area contributed by atoms with E-state index in [2.05, 4.69) is 24.8 Å². The summed E-state index contributed by atoms with van der Waals surface area (Å²) < 4.78 is 5.48. The van der Waals surface area contributed by atoms with Crippen molar-refractivity contribution in [2.45, 2.75) is 26.8 Å². The number of hydrogen-bond acceptors (Lipinski definition) is 6. The Kier molecular flexibility index (Phi) is 5.49. The van der Waals surface area contributed by atoms with Crippen molar-refractivity contribution < 1.29 is 9.53 Å². The van der Waals surface area contributed by atoms with Gasteiger partial charge in [-0.25, -0.2) is 4.98 Å². The van der Waals surface area contributed by atoms with E-state index in [-0.39, 0.29) is 11.8 Å². The van der Waals surface area contributed by atoms with Gasteiger partial charge in [0.15, 0.2) is 5.78 Å². The van der Waals surface area contributed by atoms with Gasteiger partial charge in [-0.05, 0) is 26.8 Å². The number of carbonyl (C=O) groups excluding carboxylic acids is 1. The number of aromatic nitrogens is 3. The van der Waals surface area contributed by atoms with Crippen LogP contribution in [0.2, 0.25) is 0 Å². The van der Waals surface area contributed by atoms with E-state index in [0.29, 0.717) is 18.4 Å². The second kappa shape index (κ2) is 8.21. The van der Waals surface area contributed by atoms with E-state index in [0.717, 1.165) is 48.3 Å². The number of carbonyl (C=O) groups is 1. The van der Waals surface area contributed by atoms with Crippen LogP contribution in [-0.4, -0.2) is 64.5 Å². The molecule has 0 aliphatic carbocycles. The highest BCUT2D eigenvalue weighted by atomic mass is 16.5. The standard InChI is InChI=1S/C22H27N5O2/c1-4-29-19-9-10-23-22(25-19)27-13-11-26(12-14-27)16(3)21(28)20-15(2)24-18-8-6-5-7-17(18)20/h5-10,16,24H,4,11-14H2,1-3H3. The minimum absolute atomic E-state index is 0.169. The Balaban J connectivity index is 1.45. The number of nitrogens with one attached hydrogen (secondary N) is 1. The Labute approximate surface area is 170 Å². The number of H-pyrrole nitrogens is 1. The summed E-state index contributed by atoms with van der Waals surface area (Å²) in [4.78, 5) is 29.9.